The van der Waals surface area contributed by atoms with Crippen LogP contribution in [-0.4, -0.2) is 78.5 Å². The highest BCUT2D eigenvalue weighted by Gasteiger charge is 2.50. The number of amides is 1. The zero-order valence-electron chi connectivity index (χ0n) is 13.5. The molecule has 0 radical (unpaired) electrons. The normalized spacial score (nSPS) is 17.5. The largest absolute Gasteiger partial charge is 0.481 e. The zero-order chi connectivity index (χ0) is 16.3. The third kappa shape index (κ3) is 4.86. The summed E-state index contributed by atoms with van der Waals surface area (Å²) in [6, 6.07) is 0. The molecule has 0 aromatic carbocycles. The van der Waals surface area contributed by atoms with Crippen molar-refractivity contribution in [1.29, 1.82) is 0 Å². The smallest absolute Gasteiger partial charge is 0.410 e. The van der Waals surface area contributed by atoms with Crippen LogP contribution in [0.25, 0.3) is 0 Å². The first-order valence-corrected chi connectivity index (χ1v) is 6.99. The van der Waals surface area contributed by atoms with Crippen LogP contribution in [0, 0.1) is 0 Å². The lowest BCUT2D eigenvalue weighted by Crippen LogP contribution is -2.71. The molecule has 122 valence electrons. The Hall–Kier alpha value is -1.34. The van der Waals surface area contributed by atoms with E-state index in [1.54, 1.807) is 27.9 Å². The third-order valence-electron chi connectivity index (χ3n) is 3.54. The Morgan fingerprint density at radius 2 is 1.90 bits per heavy atom. The van der Waals surface area contributed by atoms with Gasteiger partial charge in [0.25, 0.3) is 0 Å². The molecule has 1 saturated heterocycles. The second-order valence-electron chi connectivity index (χ2n) is 6.55. The minimum atomic E-state index is -0.872. The maximum Gasteiger partial charge on any atom is 0.410 e. The second-order valence-corrected chi connectivity index (χ2v) is 6.55. The van der Waals surface area contributed by atoms with Gasteiger partial charge in [-0.15, -0.1) is 0 Å². The third-order valence-corrected chi connectivity index (χ3v) is 3.54. The zero-order valence-corrected chi connectivity index (χ0v) is 13.5. The fourth-order valence-electron chi connectivity index (χ4n) is 2.35. The standard InChI is InChI=1S/C14H26N2O5/c1-13(2,3)21-12(19)16-9-14(10-16,8-11(17)18)15(4)6-7-20-5/h6-10H2,1-5H3,(H,17,18). The number of carbonyl (C=O) groups excluding carboxylic acids is 1. The van der Waals surface area contributed by atoms with E-state index < -0.39 is 23.2 Å². The van der Waals surface area contributed by atoms with Crippen molar-refractivity contribution in [2.24, 2.45) is 0 Å². The maximum absolute atomic E-state index is 12.0. The molecule has 0 aromatic rings. The first-order valence-electron chi connectivity index (χ1n) is 6.99. The van der Waals surface area contributed by atoms with Crippen LogP contribution in [0.5, 0.6) is 0 Å². The molecule has 1 amide bonds. The van der Waals surface area contributed by atoms with Gasteiger partial charge in [0.1, 0.15) is 5.60 Å². The van der Waals surface area contributed by atoms with E-state index in [1.807, 2.05) is 11.9 Å². The number of likely N-dealkylation sites (N-methyl/N-ethyl adjacent to an activating group) is 1. The number of ether oxygens (including phenoxy) is 2. The Bertz CT molecular complexity index is 385. The number of rotatable bonds is 6. The van der Waals surface area contributed by atoms with Gasteiger partial charge < -0.3 is 19.5 Å². The Labute approximate surface area is 125 Å². The Balaban J connectivity index is 2.65. The molecule has 21 heavy (non-hydrogen) atoms. The minimum absolute atomic E-state index is 0.00743. The molecule has 0 unspecified atom stereocenters. The summed E-state index contributed by atoms with van der Waals surface area (Å²) in [6.45, 7) is 7.26. The van der Waals surface area contributed by atoms with Crippen molar-refractivity contribution in [3.8, 4) is 0 Å². The molecule has 0 bridgehead atoms. The van der Waals surface area contributed by atoms with Gasteiger partial charge in [0, 0.05) is 26.7 Å². The van der Waals surface area contributed by atoms with Gasteiger partial charge in [-0.25, -0.2) is 4.79 Å². The fraction of sp³-hybridized carbons (Fsp3) is 0.857. The molecule has 0 saturated carbocycles. The average molecular weight is 302 g/mol. The summed E-state index contributed by atoms with van der Waals surface area (Å²) in [6.07, 6.45) is -0.407. The topological polar surface area (TPSA) is 79.3 Å². The Kier molecular flexibility index (Phi) is 5.58. The van der Waals surface area contributed by atoms with Crippen LogP contribution in [0.4, 0.5) is 4.79 Å². The summed E-state index contributed by atoms with van der Waals surface area (Å²) in [7, 11) is 3.46. The number of methoxy groups -OCH3 is 1. The lowest BCUT2D eigenvalue weighted by Gasteiger charge is -2.53. The quantitative estimate of drug-likeness (QED) is 0.789. The molecular weight excluding hydrogens is 276 g/mol. The minimum Gasteiger partial charge on any atom is -0.481 e. The van der Waals surface area contributed by atoms with Crippen molar-refractivity contribution in [3.63, 3.8) is 0 Å². The lowest BCUT2D eigenvalue weighted by atomic mass is 9.85. The number of nitrogens with zero attached hydrogens (tertiary/aromatic N) is 2. The fourth-order valence-corrected chi connectivity index (χ4v) is 2.35. The van der Waals surface area contributed by atoms with E-state index in [2.05, 4.69) is 0 Å². The van der Waals surface area contributed by atoms with E-state index >= 15 is 0 Å². The number of aliphatic carboxylic acids is 1. The summed E-state index contributed by atoms with van der Waals surface area (Å²) < 4.78 is 10.3. The van der Waals surface area contributed by atoms with Crippen LogP contribution in [0.2, 0.25) is 0 Å². The highest BCUT2D eigenvalue weighted by atomic mass is 16.6. The molecule has 1 rings (SSSR count). The van der Waals surface area contributed by atoms with Gasteiger partial charge in [-0.3, -0.25) is 9.69 Å². The van der Waals surface area contributed by atoms with Gasteiger partial charge in [0.15, 0.2) is 0 Å². The molecule has 1 fully saturated rings. The van der Waals surface area contributed by atoms with Crippen molar-refractivity contribution in [2.45, 2.75) is 38.3 Å². The molecule has 1 N–H and O–H groups in total. The summed E-state index contributed by atoms with van der Waals surface area (Å²) in [5, 5.41) is 9.11. The molecular formula is C14H26N2O5. The van der Waals surface area contributed by atoms with Gasteiger partial charge in [0.05, 0.1) is 18.6 Å². The predicted octanol–water partition coefficient (Wildman–Crippen LogP) is 1.03. The highest BCUT2D eigenvalue weighted by Crippen LogP contribution is 2.31. The van der Waals surface area contributed by atoms with Crippen LogP contribution in [0.15, 0.2) is 0 Å². The van der Waals surface area contributed by atoms with Crippen LogP contribution >= 0.6 is 0 Å². The molecule has 7 heteroatoms. The molecule has 0 aromatic heterocycles. The van der Waals surface area contributed by atoms with Crippen LogP contribution in [-0.2, 0) is 14.3 Å². The van der Waals surface area contributed by atoms with E-state index in [9.17, 15) is 9.59 Å². The highest BCUT2D eigenvalue weighted by molar-refractivity contribution is 5.73. The molecule has 1 aliphatic heterocycles. The van der Waals surface area contributed by atoms with Crippen molar-refractivity contribution >= 4 is 12.1 Å². The molecule has 0 spiro atoms. The van der Waals surface area contributed by atoms with E-state index in [4.69, 9.17) is 14.6 Å². The SMILES string of the molecule is COCCN(C)C1(CC(=O)O)CN(C(=O)OC(C)(C)C)C1. The number of likely N-dealkylation sites (tertiary alicyclic amines) is 1. The van der Waals surface area contributed by atoms with Gasteiger partial charge in [-0.05, 0) is 27.8 Å². The van der Waals surface area contributed by atoms with Crippen LogP contribution in [0.3, 0.4) is 0 Å². The average Bonchev–Trinajstić information content (AvgIpc) is 2.27. The first-order chi connectivity index (χ1) is 9.59. The van der Waals surface area contributed by atoms with E-state index in [-0.39, 0.29) is 6.42 Å². The molecule has 7 nitrogen and oxygen atoms in total. The van der Waals surface area contributed by atoms with Crippen molar-refractivity contribution in [2.75, 3.05) is 40.4 Å². The molecule has 0 aliphatic carbocycles. The predicted molar refractivity (Wildman–Crippen MR) is 77.3 cm³/mol. The van der Waals surface area contributed by atoms with Crippen LogP contribution < -0.4 is 0 Å². The van der Waals surface area contributed by atoms with Gasteiger partial charge in [0.2, 0.25) is 0 Å². The second kappa shape index (κ2) is 6.62. The summed E-state index contributed by atoms with van der Waals surface area (Å²) in [5.74, 6) is -0.872. The molecule has 0 atom stereocenters. The monoisotopic (exact) mass is 302 g/mol. The Morgan fingerprint density at radius 3 is 2.33 bits per heavy atom. The Morgan fingerprint density at radius 1 is 1.33 bits per heavy atom. The first kappa shape index (κ1) is 17.7. The lowest BCUT2D eigenvalue weighted by molar-refractivity contribution is -0.145. The summed E-state index contributed by atoms with van der Waals surface area (Å²) in [5.41, 5.74) is -1.09. The van der Waals surface area contributed by atoms with Crippen molar-refractivity contribution < 1.29 is 24.2 Å². The van der Waals surface area contributed by atoms with Crippen molar-refractivity contribution in [3.05, 3.63) is 0 Å². The number of carboxylic acids is 1. The van der Waals surface area contributed by atoms with Gasteiger partial charge >= 0.3 is 12.1 Å². The molecule has 1 heterocycles. The van der Waals surface area contributed by atoms with E-state index in [0.717, 1.165) is 0 Å². The summed E-state index contributed by atoms with van der Waals surface area (Å²) >= 11 is 0. The van der Waals surface area contributed by atoms with Gasteiger partial charge in [-0.1, -0.05) is 0 Å². The number of hydrogen-bond acceptors (Lipinski definition) is 5. The van der Waals surface area contributed by atoms with E-state index in [0.29, 0.717) is 26.2 Å². The van der Waals surface area contributed by atoms with E-state index in [1.165, 1.54) is 4.90 Å². The number of hydrogen-bond donors (Lipinski definition) is 1. The maximum atomic E-state index is 12.0. The number of carbonyl (C=O) groups is 2. The van der Waals surface area contributed by atoms with Crippen LogP contribution in [0.1, 0.15) is 27.2 Å². The number of carboxylic acid groups (broad SMARTS) is 1. The van der Waals surface area contributed by atoms with Crippen molar-refractivity contribution in [1.82, 2.24) is 9.80 Å². The van der Waals surface area contributed by atoms with Gasteiger partial charge in [-0.2, -0.15) is 0 Å². The molecule has 1 aliphatic rings. The summed E-state index contributed by atoms with van der Waals surface area (Å²) in [4.78, 5) is 26.6.